The van der Waals surface area contributed by atoms with Gasteiger partial charge in [-0.1, -0.05) is 113 Å². The first-order valence-electron chi connectivity index (χ1n) is 18.6. The molecule has 0 heterocycles. The number of aliphatic carboxylic acids is 1. The molecule has 0 saturated heterocycles. The molecule has 8 heteroatoms. The molecule has 0 saturated carbocycles. The van der Waals surface area contributed by atoms with Crippen LogP contribution in [0.4, 0.5) is 0 Å². The summed E-state index contributed by atoms with van der Waals surface area (Å²) in [6, 6.07) is 34.7. The van der Waals surface area contributed by atoms with Gasteiger partial charge in [-0.05, 0) is 76.4 Å². The van der Waals surface area contributed by atoms with Crippen LogP contribution in [-0.2, 0) is 19.7 Å². The van der Waals surface area contributed by atoms with Crippen molar-refractivity contribution in [1.29, 1.82) is 0 Å². The summed E-state index contributed by atoms with van der Waals surface area (Å²) in [6.07, 6.45) is 5.21. The summed E-state index contributed by atoms with van der Waals surface area (Å²) in [5.41, 5.74) is 7.06. The fourth-order valence-corrected chi connectivity index (χ4v) is 6.14. The van der Waals surface area contributed by atoms with E-state index in [1.165, 1.54) is 46.2 Å². The summed E-state index contributed by atoms with van der Waals surface area (Å²) < 4.78 is 23.5. The predicted octanol–water partition coefficient (Wildman–Crippen LogP) is 9.78. The molecule has 0 aliphatic heterocycles. The summed E-state index contributed by atoms with van der Waals surface area (Å²) in [5.74, 6) is 1.84. The number of rotatable bonds is 19. The first-order valence-corrected chi connectivity index (χ1v) is 19.1. The second-order valence-corrected chi connectivity index (χ2v) is 13.1. The molecule has 0 spiro atoms. The maximum absolute atomic E-state index is 9.12. The topological polar surface area (TPSA) is 94.5 Å². The van der Waals surface area contributed by atoms with Crippen LogP contribution in [0.1, 0.15) is 82.1 Å². The molecule has 4 aromatic carbocycles. The van der Waals surface area contributed by atoms with E-state index >= 15 is 0 Å². The number of aliphatic hydroxyl groups is 1. The van der Waals surface area contributed by atoms with Crippen LogP contribution in [0.3, 0.4) is 0 Å². The lowest BCUT2D eigenvalue weighted by Gasteiger charge is -2.34. The standard InChI is InChI=1S/C39H45ClO4.C3H8.C2H4O3/c1-3-30(2)22-27-42-29-28-41-24-9-26-44-34-20-16-32(17-21-34)39(31-14-18-33(19-15-31)43-25-8-23-40)37-12-6-4-10-35(37)36-11-5-7-13-38(36)39;1-3-2;3-1-2(4)5/h4-7,10-21,30H,3,8-9,22-29H2,1-2H3;3H2,1-2H3;3H,1H2,(H,4,5). The van der Waals surface area contributed by atoms with Gasteiger partial charge in [0.25, 0.3) is 0 Å². The molecule has 1 aliphatic carbocycles. The Morgan fingerprint density at radius 1 is 0.673 bits per heavy atom. The van der Waals surface area contributed by atoms with Crippen molar-refractivity contribution in [2.45, 2.75) is 65.2 Å². The van der Waals surface area contributed by atoms with Crippen LogP contribution in [-0.4, -0.2) is 68.3 Å². The maximum atomic E-state index is 9.12. The van der Waals surface area contributed by atoms with E-state index in [0.717, 1.165) is 43.3 Å². The van der Waals surface area contributed by atoms with E-state index in [1.54, 1.807) is 0 Å². The highest BCUT2D eigenvalue weighted by atomic mass is 35.5. The molecule has 0 radical (unpaired) electrons. The molecule has 282 valence electrons. The average Bonchev–Trinajstić information content (AvgIpc) is 3.47. The van der Waals surface area contributed by atoms with E-state index in [2.05, 4.69) is 125 Å². The quantitative estimate of drug-likeness (QED) is 0.0645. The number of hydrogen-bond acceptors (Lipinski definition) is 6. The number of carboxylic acids is 1. The SMILES string of the molecule is CCC.CCC(C)CCOCCOCCCOc1ccc(C2(c3ccc(OCCCCl)cc3)c3ccccc3-c3ccccc32)cc1.O=C(O)CO. The number of fused-ring (bicyclic) bond motifs is 3. The molecule has 2 N–H and O–H groups in total. The van der Waals surface area contributed by atoms with Gasteiger partial charge >= 0.3 is 5.97 Å². The lowest BCUT2D eigenvalue weighted by molar-refractivity contribution is -0.140. The minimum Gasteiger partial charge on any atom is -0.494 e. The largest absolute Gasteiger partial charge is 0.494 e. The Bertz CT molecular complexity index is 1530. The summed E-state index contributed by atoms with van der Waals surface area (Å²) >= 11 is 5.85. The number of halogens is 1. The average molecular weight is 733 g/mol. The molecule has 52 heavy (non-hydrogen) atoms. The molecule has 5 rings (SSSR count). The van der Waals surface area contributed by atoms with Gasteiger partial charge in [0.2, 0.25) is 0 Å². The van der Waals surface area contributed by atoms with E-state index in [1.807, 2.05) is 0 Å². The van der Waals surface area contributed by atoms with Crippen molar-refractivity contribution in [3.05, 3.63) is 119 Å². The van der Waals surface area contributed by atoms with Crippen LogP contribution in [0, 0.1) is 5.92 Å². The minimum absolute atomic E-state index is 0.453. The van der Waals surface area contributed by atoms with Crippen molar-refractivity contribution < 1.29 is 34.0 Å². The lowest BCUT2D eigenvalue weighted by Crippen LogP contribution is -2.28. The van der Waals surface area contributed by atoms with Gasteiger partial charge in [-0.3, -0.25) is 0 Å². The number of hydrogen-bond donors (Lipinski definition) is 2. The summed E-state index contributed by atoms with van der Waals surface area (Å²) in [5, 5.41) is 15.0. The van der Waals surface area contributed by atoms with Crippen LogP contribution in [0.5, 0.6) is 11.5 Å². The molecule has 1 aliphatic rings. The number of carboxylic acid groups (broad SMARTS) is 1. The maximum Gasteiger partial charge on any atom is 0.329 e. The summed E-state index contributed by atoms with van der Waals surface area (Å²) in [7, 11) is 0. The van der Waals surface area contributed by atoms with Crippen LogP contribution in [0.15, 0.2) is 97.1 Å². The normalized spacial score (nSPS) is 12.7. The number of carbonyl (C=O) groups is 1. The van der Waals surface area contributed by atoms with Gasteiger partial charge in [0.15, 0.2) is 0 Å². The van der Waals surface area contributed by atoms with Crippen LogP contribution in [0.25, 0.3) is 11.1 Å². The number of aliphatic hydroxyl groups excluding tert-OH is 1. The van der Waals surface area contributed by atoms with Crippen molar-refractivity contribution in [2.75, 3.05) is 52.1 Å². The second kappa shape index (κ2) is 23.6. The van der Waals surface area contributed by atoms with Gasteiger partial charge in [-0.2, -0.15) is 0 Å². The van der Waals surface area contributed by atoms with E-state index < -0.39 is 18.0 Å². The zero-order chi connectivity index (χ0) is 37.6. The highest BCUT2D eigenvalue weighted by molar-refractivity contribution is 6.17. The molecular formula is C44H57ClO7. The fourth-order valence-electron chi connectivity index (χ4n) is 6.03. The zero-order valence-electron chi connectivity index (χ0n) is 31.3. The second-order valence-electron chi connectivity index (χ2n) is 12.8. The van der Waals surface area contributed by atoms with Crippen LogP contribution in [0.2, 0.25) is 0 Å². The third kappa shape index (κ3) is 12.1. The van der Waals surface area contributed by atoms with Crippen LogP contribution < -0.4 is 9.47 Å². The molecule has 0 aromatic heterocycles. The van der Waals surface area contributed by atoms with E-state index in [4.69, 9.17) is 45.6 Å². The molecule has 7 nitrogen and oxygen atoms in total. The molecule has 4 aromatic rings. The van der Waals surface area contributed by atoms with Gasteiger partial charge < -0.3 is 29.2 Å². The minimum atomic E-state index is -1.19. The smallest absolute Gasteiger partial charge is 0.329 e. The molecule has 1 unspecified atom stereocenters. The van der Waals surface area contributed by atoms with Crippen molar-refractivity contribution in [1.82, 2.24) is 0 Å². The molecule has 0 fully saturated rings. The highest BCUT2D eigenvalue weighted by Crippen LogP contribution is 2.56. The Kier molecular flexibility index (Phi) is 19.3. The molecule has 0 amide bonds. The Balaban J connectivity index is 0.000000827. The van der Waals surface area contributed by atoms with E-state index in [-0.39, 0.29) is 0 Å². The third-order valence-electron chi connectivity index (χ3n) is 8.73. The fraction of sp³-hybridized carbons (Fsp3) is 0.432. The number of ether oxygens (including phenoxy) is 4. The van der Waals surface area contributed by atoms with Crippen molar-refractivity contribution in [3.63, 3.8) is 0 Å². The molecule has 1 atom stereocenters. The summed E-state index contributed by atoms with van der Waals surface area (Å²) in [6.45, 7) is 11.9. The Morgan fingerprint density at radius 3 is 1.56 bits per heavy atom. The van der Waals surface area contributed by atoms with Crippen LogP contribution >= 0.6 is 11.6 Å². The monoisotopic (exact) mass is 732 g/mol. The van der Waals surface area contributed by atoms with Gasteiger partial charge in [0.05, 0.1) is 31.8 Å². The summed E-state index contributed by atoms with van der Waals surface area (Å²) in [4.78, 5) is 9.12. The number of benzene rings is 4. The first-order chi connectivity index (χ1) is 25.4. The predicted molar refractivity (Wildman–Crippen MR) is 211 cm³/mol. The Labute approximate surface area is 315 Å². The van der Waals surface area contributed by atoms with Gasteiger partial charge in [-0.25, -0.2) is 4.79 Å². The number of alkyl halides is 1. The van der Waals surface area contributed by atoms with Crippen molar-refractivity contribution >= 4 is 17.6 Å². The van der Waals surface area contributed by atoms with E-state index in [0.29, 0.717) is 38.9 Å². The molecule has 0 bridgehead atoms. The molecular weight excluding hydrogens is 676 g/mol. The Morgan fingerprint density at radius 2 is 1.12 bits per heavy atom. The third-order valence-corrected chi connectivity index (χ3v) is 9.00. The lowest BCUT2D eigenvalue weighted by atomic mass is 9.68. The van der Waals surface area contributed by atoms with E-state index in [9.17, 15) is 0 Å². The van der Waals surface area contributed by atoms with Gasteiger partial charge in [0, 0.05) is 25.5 Å². The Hall–Kier alpha value is -3.88. The first kappa shape index (κ1) is 42.5. The van der Waals surface area contributed by atoms with Gasteiger partial charge in [-0.15, -0.1) is 11.6 Å². The van der Waals surface area contributed by atoms with Gasteiger partial charge in [0.1, 0.15) is 18.1 Å². The zero-order valence-corrected chi connectivity index (χ0v) is 32.1. The highest BCUT2D eigenvalue weighted by Gasteiger charge is 2.45. The van der Waals surface area contributed by atoms with Crippen molar-refractivity contribution in [3.8, 4) is 22.6 Å². The van der Waals surface area contributed by atoms with Crippen molar-refractivity contribution in [2.24, 2.45) is 5.92 Å².